The number of likely N-dealkylation sites (tertiary alicyclic amines) is 2. The Kier molecular flexibility index (Phi) is 6.67. The minimum Gasteiger partial charge on any atom is -0.343 e. The van der Waals surface area contributed by atoms with Crippen LogP contribution in [0.1, 0.15) is 53.9 Å². The van der Waals surface area contributed by atoms with Gasteiger partial charge in [-0.2, -0.15) is 5.26 Å². The Bertz CT molecular complexity index is 853. The average molecular weight is 493 g/mol. The van der Waals surface area contributed by atoms with Crippen LogP contribution in [0.25, 0.3) is 0 Å². The van der Waals surface area contributed by atoms with Crippen molar-refractivity contribution < 1.29 is 28.5 Å². The highest BCUT2D eigenvalue weighted by Gasteiger charge is 2.65. The lowest BCUT2D eigenvalue weighted by atomic mass is 9.95. The van der Waals surface area contributed by atoms with Gasteiger partial charge in [-0.25, -0.2) is 0 Å². The van der Waals surface area contributed by atoms with Crippen molar-refractivity contribution in [3.63, 3.8) is 0 Å². The first kappa shape index (κ1) is 25.3. The SMILES string of the molecule is CC1C[C@@H](C#N)N(C(=O)CNC2CCN(C[C@@]34OC[C@H]5OC(C)(C)O[C@H]5[C@@H]3OC(C)(C)O4)CC2)C1. The van der Waals surface area contributed by atoms with Gasteiger partial charge in [0, 0.05) is 12.6 Å². The normalized spacial score (nSPS) is 40.9. The van der Waals surface area contributed by atoms with Crippen LogP contribution in [0.4, 0.5) is 0 Å². The number of rotatable bonds is 5. The molecule has 35 heavy (non-hydrogen) atoms. The number of carbonyl (C=O) groups excluding carboxylic acids is 1. The Hall–Kier alpha value is -1.32. The third-order valence-electron chi connectivity index (χ3n) is 7.83. The lowest BCUT2D eigenvalue weighted by molar-refractivity contribution is -0.287. The van der Waals surface area contributed by atoms with E-state index in [1.807, 2.05) is 27.7 Å². The molecule has 10 nitrogen and oxygen atoms in total. The van der Waals surface area contributed by atoms with Gasteiger partial charge in [-0.05, 0) is 66.0 Å². The van der Waals surface area contributed by atoms with E-state index < -0.39 is 17.4 Å². The number of nitrogens with one attached hydrogen (secondary N) is 1. The van der Waals surface area contributed by atoms with Gasteiger partial charge in [0.25, 0.3) is 0 Å². The topological polar surface area (TPSA) is 106 Å². The molecule has 0 aromatic rings. The zero-order valence-corrected chi connectivity index (χ0v) is 21.6. The third-order valence-corrected chi connectivity index (χ3v) is 7.83. The molecule has 0 aromatic carbocycles. The van der Waals surface area contributed by atoms with Crippen molar-refractivity contribution in [1.29, 1.82) is 5.26 Å². The number of hydrogen-bond donors (Lipinski definition) is 1. The van der Waals surface area contributed by atoms with E-state index in [1.54, 1.807) is 4.90 Å². The highest BCUT2D eigenvalue weighted by molar-refractivity contribution is 5.79. The number of ether oxygens (including phenoxy) is 5. The highest BCUT2D eigenvalue weighted by atomic mass is 16.9. The predicted molar refractivity (Wildman–Crippen MR) is 125 cm³/mol. The van der Waals surface area contributed by atoms with E-state index in [0.717, 1.165) is 32.4 Å². The Morgan fingerprint density at radius 3 is 2.57 bits per heavy atom. The number of amides is 1. The van der Waals surface area contributed by atoms with Gasteiger partial charge in [-0.15, -0.1) is 0 Å². The maximum atomic E-state index is 12.7. The van der Waals surface area contributed by atoms with E-state index >= 15 is 0 Å². The first-order valence-electron chi connectivity index (χ1n) is 13.0. The van der Waals surface area contributed by atoms with Crippen LogP contribution in [0.3, 0.4) is 0 Å². The summed E-state index contributed by atoms with van der Waals surface area (Å²) in [7, 11) is 0. The van der Waals surface area contributed by atoms with Crippen LogP contribution in [0.2, 0.25) is 0 Å². The molecule has 1 unspecified atom stereocenters. The van der Waals surface area contributed by atoms with Crippen molar-refractivity contribution in [1.82, 2.24) is 15.1 Å². The molecule has 196 valence electrons. The fraction of sp³-hybridized carbons (Fsp3) is 0.920. The molecule has 0 radical (unpaired) electrons. The van der Waals surface area contributed by atoms with Crippen LogP contribution >= 0.6 is 0 Å². The van der Waals surface area contributed by atoms with Crippen LogP contribution in [-0.4, -0.2) is 103 Å². The molecule has 10 heteroatoms. The second-order valence-electron chi connectivity index (χ2n) is 11.8. The molecule has 0 aliphatic carbocycles. The molecule has 5 fully saturated rings. The van der Waals surface area contributed by atoms with Crippen molar-refractivity contribution in [2.75, 3.05) is 39.3 Å². The fourth-order valence-electron chi connectivity index (χ4n) is 6.35. The molecule has 1 amide bonds. The lowest BCUT2D eigenvalue weighted by Gasteiger charge is -2.44. The Morgan fingerprint density at radius 2 is 1.86 bits per heavy atom. The number of fused-ring (bicyclic) bond motifs is 3. The first-order chi connectivity index (χ1) is 16.5. The van der Waals surface area contributed by atoms with Crippen LogP contribution < -0.4 is 5.32 Å². The molecule has 5 aliphatic rings. The minimum absolute atomic E-state index is 0.0238. The monoisotopic (exact) mass is 492 g/mol. The minimum atomic E-state index is -0.899. The number of hydrogen-bond acceptors (Lipinski definition) is 9. The Labute approximate surface area is 208 Å². The van der Waals surface area contributed by atoms with E-state index in [0.29, 0.717) is 25.6 Å². The highest BCUT2D eigenvalue weighted by Crippen LogP contribution is 2.47. The molecule has 0 saturated carbocycles. The maximum absolute atomic E-state index is 12.7. The van der Waals surface area contributed by atoms with E-state index in [2.05, 4.69) is 23.2 Å². The van der Waals surface area contributed by atoms with Crippen molar-refractivity contribution in [3.05, 3.63) is 0 Å². The van der Waals surface area contributed by atoms with Gasteiger partial charge in [-0.1, -0.05) is 6.92 Å². The second kappa shape index (κ2) is 9.21. The smallest absolute Gasteiger partial charge is 0.237 e. The zero-order chi connectivity index (χ0) is 25.0. The van der Waals surface area contributed by atoms with Gasteiger partial charge in [0.15, 0.2) is 11.6 Å². The molecule has 0 spiro atoms. The van der Waals surface area contributed by atoms with Crippen LogP contribution in [-0.2, 0) is 28.5 Å². The summed E-state index contributed by atoms with van der Waals surface area (Å²) in [6.07, 6.45) is 1.83. The number of piperidine rings is 1. The van der Waals surface area contributed by atoms with E-state index in [1.165, 1.54) is 0 Å². The Balaban J connectivity index is 1.14. The van der Waals surface area contributed by atoms with Gasteiger partial charge in [-0.3, -0.25) is 9.69 Å². The number of carbonyl (C=O) groups is 1. The van der Waals surface area contributed by atoms with Crippen LogP contribution in [0, 0.1) is 17.2 Å². The molecule has 0 aromatic heterocycles. The van der Waals surface area contributed by atoms with Gasteiger partial charge in [0.05, 0.1) is 25.8 Å². The molecule has 1 N–H and O–H groups in total. The van der Waals surface area contributed by atoms with E-state index in [-0.39, 0.29) is 42.8 Å². The summed E-state index contributed by atoms with van der Waals surface area (Å²) >= 11 is 0. The number of nitrogens with zero attached hydrogens (tertiary/aromatic N) is 3. The molecule has 0 bridgehead atoms. The quantitative estimate of drug-likeness (QED) is 0.606. The zero-order valence-electron chi connectivity index (χ0n) is 21.6. The molecular weight excluding hydrogens is 452 g/mol. The van der Waals surface area contributed by atoms with E-state index in [4.69, 9.17) is 23.7 Å². The van der Waals surface area contributed by atoms with E-state index in [9.17, 15) is 10.1 Å². The summed E-state index contributed by atoms with van der Waals surface area (Å²) < 4.78 is 31.3. The first-order valence-corrected chi connectivity index (χ1v) is 13.0. The van der Waals surface area contributed by atoms with Crippen molar-refractivity contribution >= 4 is 5.91 Å². The average Bonchev–Trinajstić information content (AvgIpc) is 3.41. The van der Waals surface area contributed by atoms with Gasteiger partial charge < -0.3 is 33.9 Å². The molecule has 5 heterocycles. The molecule has 5 aliphatic heterocycles. The second-order valence-corrected chi connectivity index (χ2v) is 11.8. The Morgan fingerprint density at radius 1 is 1.11 bits per heavy atom. The lowest BCUT2D eigenvalue weighted by Crippen LogP contribution is -2.63. The molecular formula is C25H40N4O6. The van der Waals surface area contributed by atoms with Crippen LogP contribution in [0.15, 0.2) is 0 Å². The molecule has 6 atom stereocenters. The summed E-state index contributed by atoms with van der Waals surface area (Å²) in [4.78, 5) is 16.8. The van der Waals surface area contributed by atoms with Gasteiger partial charge >= 0.3 is 0 Å². The summed E-state index contributed by atoms with van der Waals surface area (Å²) in [6.45, 7) is 13.4. The standard InChI is InChI=1S/C25H40N4O6/c1-16-10-18(11-26)29(13-16)20(30)12-27-17-6-8-28(9-7-17)15-25-22(34-24(4,5)35-25)21-19(14-31-25)32-23(2,3)33-21/h16-19,21-22,27H,6-10,12-15H2,1-5H3/t16?,18-,19+,21+,22-,25-/m0/s1. The maximum Gasteiger partial charge on any atom is 0.237 e. The van der Waals surface area contributed by atoms with Gasteiger partial charge in [0.1, 0.15) is 24.4 Å². The third kappa shape index (κ3) is 5.10. The van der Waals surface area contributed by atoms with Crippen molar-refractivity contribution in [2.24, 2.45) is 5.92 Å². The van der Waals surface area contributed by atoms with Crippen molar-refractivity contribution in [2.45, 2.75) is 102 Å². The summed E-state index contributed by atoms with van der Waals surface area (Å²) in [5, 5.41) is 12.8. The number of nitriles is 1. The van der Waals surface area contributed by atoms with Gasteiger partial charge in [0.2, 0.25) is 11.7 Å². The largest absolute Gasteiger partial charge is 0.343 e. The summed E-state index contributed by atoms with van der Waals surface area (Å²) in [5.41, 5.74) is 0. The van der Waals surface area contributed by atoms with Crippen LogP contribution in [0.5, 0.6) is 0 Å². The molecule has 5 saturated heterocycles. The summed E-state index contributed by atoms with van der Waals surface area (Å²) in [6, 6.07) is 2.25. The summed E-state index contributed by atoms with van der Waals surface area (Å²) in [5.74, 6) is -1.94. The fourth-order valence-corrected chi connectivity index (χ4v) is 6.35. The van der Waals surface area contributed by atoms with Crippen molar-refractivity contribution in [3.8, 4) is 6.07 Å². The molecule has 5 rings (SSSR count). The predicted octanol–water partition coefficient (Wildman–Crippen LogP) is 1.20.